The van der Waals surface area contributed by atoms with Gasteiger partial charge < -0.3 is 20.3 Å². The van der Waals surface area contributed by atoms with Crippen LogP contribution in [-0.4, -0.2) is 83.0 Å². The average molecular weight is 535 g/mol. The molecule has 1 aromatic rings. The van der Waals surface area contributed by atoms with Crippen LogP contribution < -0.4 is 15.4 Å². The Morgan fingerprint density at radius 2 is 1.84 bits per heavy atom. The Morgan fingerprint density at radius 3 is 2.46 bits per heavy atom. The van der Waals surface area contributed by atoms with E-state index in [0.717, 1.165) is 38.1 Å². The van der Waals surface area contributed by atoms with Crippen LogP contribution in [0.3, 0.4) is 0 Å². The molecule has 1 heterocycles. The molecular weight excluding hydrogens is 488 g/mol. The molecule has 37 heavy (non-hydrogen) atoms. The lowest BCUT2D eigenvalue weighted by Gasteiger charge is -2.32. The molecule has 0 unspecified atom stereocenters. The summed E-state index contributed by atoms with van der Waals surface area (Å²) >= 11 is 0. The standard InChI is InChI=1S/C28H46N4O4S/c1-6-23-20-26(36-5)19-21(2)28(23)37(34,35)32(4)18-14-27(33)30-25-9-7-22(8-10-25)11-15-29-24-12-16-31(3)17-13-24/h6,19-20,22,24-25,29H,1,7-18H2,2-5H3,(H,30,33)/t22-,25+. The van der Waals surface area contributed by atoms with Crippen molar-refractivity contribution in [1.29, 1.82) is 0 Å². The van der Waals surface area contributed by atoms with Gasteiger partial charge in [0.2, 0.25) is 15.9 Å². The maximum Gasteiger partial charge on any atom is 0.243 e. The number of ether oxygens (including phenoxy) is 1. The first-order chi connectivity index (χ1) is 17.6. The van der Waals surface area contributed by atoms with Crippen molar-refractivity contribution in [3.05, 3.63) is 29.8 Å². The quantitative estimate of drug-likeness (QED) is 0.427. The maximum absolute atomic E-state index is 13.3. The summed E-state index contributed by atoms with van der Waals surface area (Å²) in [5.74, 6) is 1.21. The SMILES string of the molecule is C=Cc1cc(OC)cc(C)c1S(=O)(=O)N(C)CCC(=O)N[C@H]1CC[C@@H](CCNC2CCN(C)CC2)CC1. The van der Waals surface area contributed by atoms with E-state index in [1.165, 1.54) is 49.8 Å². The number of piperidine rings is 1. The molecule has 0 bridgehead atoms. The van der Waals surface area contributed by atoms with Crippen LogP contribution in [0.2, 0.25) is 0 Å². The highest BCUT2D eigenvalue weighted by Gasteiger charge is 2.27. The second kappa shape index (κ2) is 13.7. The maximum atomic E-state index is 13.3. The molecule has 1 aliphatic carbocycles. The van der Waals surface area contributed by atoms with Crippen molar-refractivity contribution >= 4 is 22.0 Å². The molecule has 2 fully saturated rings. The van der Waals surface area contributed by atoms with Gasteiger partial charge in [-0.2, -0.15) is 0 Å². The smallest absolute Gasteiger partial charge is 0.243 e. The van der Waals surface area contributed by atoms with E-state index < -0.39 is 10.0 Å². The average Bonchev–Trinajstić information content (AvgIpc) is 2.88. The molecule has 0 spiro atoms. The van der Waals surface area contributed by atoms with Gasteiger partial charge in [-0.15, -0.1) is 0 Å². The van der Waals surface area contributed by atoms with Crippen LogP contribution in [0.25, 0.3) is 6.08 Å². The van der Waals surface area contributed by atoms with Gasteiger partial charge >= 0.3 is 0 Å². The molecule has 208 valence electrons. The lowest BCUT2D eigenvalue weighted by molar-refractivity contribution is -0.122. The van der Waals surface area contributed by atoms with Crippen LogP contribution >= 0.6 is 0 Å². The fraction of sp³-hybridized carbons (Fsp3) is 0.679. The summed E-state index contributed by atoms with van der Waals surface area (Å²) in [6.07, 6.45) is 9.58. The first-order valence-corrected chi connectivity index (χ1v) is 15.1. The van der Waals surface area contributed by atoms with Gasteiger partial charge in [-0.3, -0.25) is 4.79 Å². The van der Waals surface area contributed by atoms with Gasteiger partial charge in [0.15, 0.2) is 0 Å². The van der Waals surface area contributed by atoms with Crippen LogP contribution in [0, 0.1) is 12.8 Å². The van der Waals surface area contributed by atoms with Crippen LogP contribution in [0.4, 0.5) is 0 Å². The van der Waals surface area contributed by atoms with Crippen molar-refractivity contribution in [3.63, 3.8) is 0 Å². The molecule has 0 aromatic heterocycles. The van der Waals surface area contributed by atoms with E-state index in [1.54, 1.807) is 26.2 Å². The van der Waals surface area contributed by atoms with E-state index in [9.17, 15) is 13.2 Å². The third kappa shape index (κ3) is 8.27. The van der Waals surface area contributed by atoms with E-state index in [2.05, 4.69) is 29.2 Å². The molecule has 1 aromatic carbocycles. The summed E-state index contributed by atoms with van der Waals surface area (Å²) in [7, 11) is 1.48. The number of sulfonamides is 1. The van der Waals surface area contributed by atoms with Gasteiger partial charge in [-0.25, -0.2) is 12.7 Å². The summed E-state index contributed by atoms with van der Waals surface area (Å²) < 4.78 is 33.1. The predicted molar refractivity (Wildman–Crippen MR) is 149 cm³/mol. The minimum Gasteiger partial charge on any atom is -0.497 e. The van der Waals surface area contributed by atoms with Crippen molar-refractivity contribution < 1.29 is 17.9 Å². The molecule has 0 radical (unpaired) electrons. The Morgan fingerprint density at radius 1 is 1.16 bits per heavy atom. The number of hydrogen-bond acceptors (Lipinski definition) is 6. The molecule has 3 rings (SSSR count). The molecule has 0 atom stereocenters. The number of amides is 1. The predicted octanol–water partition coefficient (Wildman–Crippen LogP) is 3.41. The zero-order valence-corrected chi connectivity index (χ0v) is 23.9. The first kappa shape index (κ1) is 29.6. The zero-order valence-electron chi connectivity index (χ0n) is 23.1. The molecule has 9 heteroatoms. The van der Waals surface area contributed by atoms with Gasteiger partial charge in [0.05, 0.1) is 12.0 Å². The number of likely N-dealkylation sites (tertiary alicyclic amines) is 1. The Balaban J connectivity index is 1.40. The normalized spacial score (nSPS) is 21.6. The number of nitrogens with one attached hydrogen (secondary N) is 2. The third-order valence-electron chi connectivity index (χ3n) is 7.97. The molecule has 1 aliphatic heterocycles. The van der Waals surface area contributed by atoms with Crippen molar-refractivity contribution in [1.82, 2.24) is 19.8 Å². The van der Waals surface area contributed by atoms with Gasteiger partial charge in [0.25, 0.3) is 0 Å². The van der Waals surface area contributed by atoms with E-state index in [-0.39, 0.29) is 29.8 Å². The highest BCUT2D eigenvalue weighted by atomic mass is 32.2. The minimum absolute atomic E-state index is 0.0927. The molecule has 8 nitrogen and oxygen atoms in total. The van der Waals surface area contributed by atoms with Gasteiger partial charge in [-0.1, -0.05) is 12.7 Å². The number of nitrogens with zero attached hydrogens (tertiary/aromatic N) is 2. The number of methoxy groups -OCH3 is 1. The van der Waals surface area contributed by atoms with Crippen LogP contribution in [0.1, 0.15) is 62.5 Å². The van der Waals surface area contributed by atoms with Crippen molar-refractivity contribution in [2.24, 2.45) is 5.92 Å². The molecule has 1 saturated carbocycles. The third-order valence-corrected chi connectivity index (χ3v) is 10.0. The van der Waals surface area contributed by atoms with Crippen molar-refractivity contribution in [2.75, 3.05) is 47.4 Å². The van der Waals surface area contributed by atoms with Gasteiger partial charge in [0.1, 0.15) is 5.75 Å². The van der Waals surface area contributed by atoms with E-state index in [0.29, 0.717) is 22.9 Å². The number of carbonyl (C=O) groups is 1. The second-order valence-corrected chi connectivity index (χ2v) is 12.7. The molecule has 2 aliphatic rings. The Hall–Kier alpha value is -1.94. The minimum atomic E-state index is -3.78. The lowest BCUT2D eigenvalue weighted by atomic mass is 9.84. The summed E-state index contributed by atoms with van der Waals surface area (Å²) in [5.41, 5.74) is 1.08. The van der Waals surface area contributed by atoms with Crippen LogP contribution in [-0.2, 0) is 14.8 Å². The number of benzene rings is 1. The fourth-order valence-electron chi connectivity index (χ4n) is 5.52. The van der Waals surface area contributed by atoms with Gasteiger partial charge in [0, 0.05) is 32.1 Å². The highest BCUT2D eigenvalue weighted by molar-refractivity contribution is 7.89. The molecule has 1 saturated heterocycles. The molecule has 1 amide bonds. The topological polar surface area (TPSA) is 91.0 Å². The lowest BCUT2D eigenvalue weighted by Crippen LogP contribution is -2.42. The second-order valence-electron chi connectivity index (χ2n) is 10.7. The van der Waals surface area contributed by atoms with E-state index in [4.69, 9.17) is 4.74 Å². The molecule has 2 N–H and O–H groups in total. The number of rotatable bonds is 12. The summed E-state index contributed by atoms with van der Waals surface area (Å²) in [6.45, 7) is 9.06. The van der Waals surface area contributed by atoms with Crippen molar-refractivity contribution in [3.8, 4) is 5.75 Å². The van der Waals surface area contributed by atoms with Crippen LogP contribution in [0.5, 0.6) is 5.75 Å². The Bertz CT molecular complexity index is 1010. The number of hydrogen-bond donors (Lipinski definition) is 2. The summed E-state index contributed by atoms with van der Waals surface area (Å²) in [6, 6.07) is 4.20. The summed E-state index contributed by atoms with van der Waals surface area (Å²) in [5, 5.41) is 6.87. The van der Waals surface area contributed by atoms with Gasteiger partial charge in [-0.05, 0) is 108 Å². The number of carbonyl (C=O) groups excluding carboxylic acids is 1. The Kier molecular flexibility index (Phi) is 11.0. The summed E-state index contributed by atoms with van der Waals surface area (Å²) in [4.78, 5) is 15.2. The highest BCUT2D eigenvalue weighted by Crippen LogP contribution is 2.29. The fourth-order valence-corrected chi connectivity index (χ4v) is 7.07. The van der Waals surface area contributed by atoms with E-state index >= 15 is 0 Å². The number of aryl methyl sites for hydroxylation is 1. The van der Waals surface area contributed by atoms with Crippen LogP contribution in [0.15, 0.2) is 23.6 Å². The monoisotopic (exact) mass is 534 g/mol. The van der Waals surface area contributed by atoms with Crippen molar-refractivity contribution in [2.45, 2.75) is 75.3 Å². The Labute approximate surface area is 223 Å². The first-order valence-electron chi connectivity index (χ1n) is 13.6. The zero-order chi connectivity index (χ0) is 27.0. The molecular formula is C28H46N4O4S. The largest absolute Gasteiger partial charge is 0.497 e. The van der Waals surface area contributed by atoms with E-state index in [1.807, 2.05) is 0 Å².